The van der Waals surface area contributed by atoms with Crippen LogP contribution in [0.15, 0.2) is 24.4 Å². The number of methoxy groups -OCH3 is 1. The second kappa shape index (κ2) is 9.80. The first-order valence-electron chi connectivity index (χ1n) is 11.3. The minimum Gasteiger partial charge on any atom is -0.479 e. The maximum atomic E-state index is 15.2. The second-order valence-electron chi connectivity index (χ2n) is 8.51. The van der Waals surface area contributed by atoms with E-state index in [2.05, 4.69) is 25.7 Å². The molecule has 1 amide bonds. The predicted octanol–water partition coefficient (Wildman–Crippen LogP) is 1.90. The molecule has 37 heavy (non-hydrogen) atoms. The van der Waals surface area contributed by atoms with Crippen LogP contribution in [0.2, 0.25) is 0 Å². The Hall–Kier alpha value is -4.01. The van der Waals surface area contributed by atoms with E-state index in [-0.39, 0.29) is 42.4 Å². The average Bonchev–Trinajstić information content (AvgIpc) is 3.43. The Morgan fingerprint density at radius 1 is 1.35 bits per heavy atom. The van der Waals surface area contributed by atoms with Crippen LogP contribution in [0.25, 0.3) is 27.7 Å². The quantitative estimate of drug-likeness (QED) is 0.353. The number of rotatable bonds is 7. The van der Waals surface area contributed by atoms with Gasteiger partial charge in [0.2, 0.25) is 17.7 Å². The number of carbonyl (C=O) groups excluding carboxylic acids is 1. The highest BCUT2D eigenvalue weighted by molar-refractivity contribution is 5.89. The SMILES string of the molecule is COc1nc(N[C@H]2CCN(C(=O)CO)C[C@H]2F)nn2cc(F)c(-c3ccc4nnn(CC(F)F)c4c3)c12. The van der Waals surface area contributed by atoms with Gasteiger partial charge in [0.05, 0.1) is 37.0 Å². The number of carbonyl (C=O) groups is 1. The minimum atomic E-state index is -2.65. The van der Waals surface area contributed by atoms with E-state index in [4.69, 9.17) is 9.84 Å². The van der Waals surface area contributed by atoms with E-state index < -0.39 is 43.5 Å². The summed E-state index contributed by atoms with van der Waals surface area (Å²) in [7, 11) is 1.34. The number of ether oxygens (including phenoxy) is 1. The molecule has 4 heterocycles. The molecule has 5 rings (SSSR count). The molecule has 2 atom stereocenters. The third-order valence-corrected chi connectivity index (χ3v) is 6.20. The molecule has 0 saturated carbocycles. The van der Waals surface area contributed by atoms with E-state index in [9.17, 15) is 18.0 Å². The van der Waals surface area contributed by atoms with Crippen molar-refractivity contribution in [3.63, 3.8) is 0 Å². The number of nitrogens with zero attached hydrogens (tertiary/aromatic N) is 7. The minimum absolute atomic E-state index is 0.000914. The molecule has 15 heteroatoms. The van der Waals surface area contributed by atoms with E-state index in [0.717, 1.165) is 10.9 Å². The average molecular weight is 522 g/mol. The number of aromatic nitrogens is 6. The summed E-state index contributed by atoms with van der Waals surface area (Å²) in [4.78, 5) is 17.2. The molecule has 11 nitrogen and oxygen atoms in total. The van der Waals surface area contributed by atoms with E-state index in [1.165, 1.54) is 22.6 Å². The van der Waals surface area contributed by atoms with Gasteiger partial charge in [-0.3, -0.25) is 4.79 Å². The first kappa shape index (κ1) is 24.7. The smallest absolute Gasteiger partial charge is 0.258 e. The summed E-state index contributed by atoms with van der Waals surface area (Å²) in [5.41, 5.74) is 1.27. The van der Waals surface area contributed by atoms with Crippen LogP contribution < -0.4 is 10.1 Å². The van der Waals surface area contributed by atoms with Crippen molar-refractivity contribution in [1.82, 2.24) is 34.5 Å². The van der Waals surface area contributed by atoms with Gasteiger partial charge in [-0.25, -0.2) is 26.8 Å². The monoisotopic (exact) mass is 522 g/mol. The number of anilines is 1. The van der Waals surface area contributed by atoms with Gasteiger partial charge >= 0.3 is 0 Å². The molecule has 0 unspecified atom stereocenters. The maximum absolute atomic E-state index is 15.2. The first-order chi connectivity index (χ1) is 17.8. The standard InChI is InChI=1S/C22H22F4N8O3/c1-37-21-20-19(11-2-3-15-16(6-11)33(31-29-15)9-17(25)26)13(24)8-34(20)30-22(28-21)27-14-4-5-32(7-12(14)23)18(36)10-35/h2-3,6,8,12,14,17,35H,4-5,7,9-10H2,1H3,(H,27,30)/t12-,14+/m1/s1. The number of hydrogen-bond donors (Lipinski definition) is 2. The van der Waals surface area contributed by atoms with Crippen molar-refractivity contribution in [2.45, 2.75) is 31.6 Å². The number of likely N-dealkylation sites (tertiary alicyclic amines) is 1. The van der Waals surface area contributed by atoms with Crippen molar-refractivity contribution < 1.29 is 32.2 Å². The summed E-state index contributed by atoms with van der Waals surface area (Å²) in [5.74, 6) is -1.24. The van der Waals surface area contributed by atoms with Crippen LogP contribution in [0.4, 0.5) is 23.5 Å². The van der Waals surface area contributed by atoms with Gasteiger partial charge < -0.3 is 20.1 Å². The number of benzene rings is 1. The van der Waals surface area contributed by atoms with Gasteiger partial charge in [-0.2, -0.15) is 4.98 Å². The highest BCUT2D eigenvalue weighted by Crippen LogP contribution is 2.35. The number of aliphatic hydroxyl groups excluding tert-OH is 1. The predicted molar refractivity (Wildman–Crippen MR) is 123 cm³/mol. The number of amides is 1. The van der Waals surface area contributed by atoms with E-state index >= 15 is 4.39 Å². The Balaban J connectivity index is 1.48. The van der Waals surface area contributed by atoms with Crippen molar-refractivity contribution >= 4 is 28.4 Å². The van der Waals surface area contributed by atoms with Gasteiger partial charge in [0, 0.05) is 6.54 Å². The highest BCUT2D eigenvalue weighted by Gasteiger charge is 2.32. The van der Waals surface area contributed by atoms with Crippen molar-refractivity contribution in [3.05, 3.63) is 30.2 Å². The number of alkyl halides is 3. The van der Waals surface area contributed by atoms with Crippen molar-refractivity contribution in [1.29, 1.82) is 0 Å². The molecule has 4 aromatic rings. The Kier molecular flexibility index (Phi) is 6.54. The van der Waals surface area contributed by atoms with Crippen molar-refractivity contribution in [2.24, 2.45) is 0 Å². The fourth-order valence-corrected chi connectivity index (χ4v) is 4.45. The molecule has 0 aliphatic carbocycles. The zero-order valence-corrected chi connectivity index (χ0v) is 19.5. The molecule has 1 aromatic carbocycles. The van der Waals surface area contributed by atoms with Gasteiger partial charge in [0.15, 0.2) is 5.82 Å². The van der Waals surface area contributed by atoms with Gasteiger partial charge in [0.1, 0.15) is 30.4 Å². The third-order valence-electron chi connectivity index (χ3n) is 6.20. The van der Waals surface area contributed by atoms with Crippen LogP contribution in [0.1, 0.15) is 6.42 Å². The summed E-state index contributed by atoms with van der Waals surface area (Å²) < 4.78 is 63.4. The molecule has 1 fully saturated rings. The van der Waals surface area contributed by atoms with Crippen LogP contribution >= 0.6 is 0 Å². The maximum Gasteiger partial charge on any atom is 0.258 e. The van der Waals surface area contributed by atoms with Crippen molar-refractivity contribution in [2.75, 3.05) is 32.1 Å². The Morgan fingerprint density at radius 2 is 2.16 bits per heavy atom. The van der Waals surface area contributed by atoms with Crippen LogP contribution in [0.5, 0.6) is 5.88 Å². The van der Waals surface area contributed by atoms with Crippen LogP contribution in [-0.2, 0) is 11.3 Å². The van der Waals surface area contributed by atoms with E-state index in [1.807, 2.05) is 0 Å². The number of fused-ring (bicyclic) bond motifs is 2. The normalized spacial score (nSPS) is 18.2. The van der Waals surface area contributed by atoms with E-state index in [0.29, 0.717) is 16.6 Å². The molecule has 0 radical (unpaired) electrons. The number of halogens is 4. The fraction of sp³-hybridized carbons (Fsp3) is 0.409. The molecular formula is C22H22F4N8O3. The number of piperidine rings is 1. The molecular weight excluding hydrogens is 500 g/mol. The number of nitrogens with one attached hydrogen (secondary N) is 1. The molecule has 2 N–H and O–H groups in total. The largest absolute Gasteiger partial charge is 0.479 e. The lowest BCUT2D eigenvalue weighted by atomic mass is 10.0. The highest BCUT2D eigenvalue weighted by atomic mass is 19.3. The van der Waals surface area contributed by atoms with Gasteiger partial charge in [-0.1, -0.05) is 11.3 Å². The molecule has 196 valence electrons. The summed E-state index contributed by atoms with van der Waals surface area (Å²) >= 11 is 0. The van der Waals surface area contributed by atoms with Gasteiger partial charge in [-0.15, -0.1) is 10.2 Å². The van der Waals surface area contributed by atoms with Crippen molar-refractivity contribution in [3.8, 4) is 17.0 Å². The topological polar surface area (TPSA) is 123 Å². The lowest BCUT2D eigenvalue weighted by Crippen LogP contribution is -2.50. The summed E-state index contributed by atoms with van der Waals surface area (Å²) in [6.45, 7) is -1.32. The van der Waals surface area contributed by atoms with Crippen LogP contribution in [-0.4, -0.2) is 91.0 Å². The number of hydrogen-bond acceptors (Lipinski definition) is 8. The fourth-order valence-electron chi connectivity index (χ4n) is 4.45. The Morgan fingerprint density at radius 3 is 2.86 bits per heavy atom. The summed E-state index contributed by atoms with van der Waals surface area (Å²) in [6.07, 6.45) is -2.76. The zero-order valence-electron chi connectivity index (χ0n) is 19.5. The molecule has 0 spiro atoms. The summed E-state index contributed by atoms with van der Waals surface area (Å²) in [5, 5.41) is 23.7. The molecule has 1 aliphatic rings. The lowest BCUT2D eigenvalue weighted by molar-refractivity contribution is -0.136. The van der Waals surface area contributed by atoms with Gasteiger partial charge in [-0.05, 0) is 24.1 Å². The molecule has 3 aromatic heterocycles. The molecule has 1 aliphatic heterocycles. The molecule has 0 bridgehead atoms. The molecule has 1 saturated heterocycles. The Bertz CT molecular complexity index is 1460. The summed E-state index contributed by atoms with van der Waals surface area (Å²) in [6, 6.07) is 3.88. The third kappa shape index (κ3) is 4.61. The van der Waals surface area contributed by atoms with Gasteiger partial charge in [0.25, 0.3) is 6.43 Å². The first-order valence-corrected chi connectivity index (χ1v) is 11.3. The van der Waals surface area contributed by atoms with E-state index in [1.54, 1.807) is 12.1 Å². The lowest BCUT2D eigenvalue weighted by Gasteiger charge is -2.34. The Labute approximate surface area is 206 Å². The van der Waals surface area contributed by atoms with Crippen LogP contribution in [0.3, 0.4) is 0 Å². The van der Waals surface area contributed by atoms with Crippen LogP contribution in [0, 0.1) is 5.82 Å². The number of aliphatic hydroxyl groups is 1. The zero-order chi connectivity index (χ0) is 26.3. The second-order valence-corrected chi connectivity index (χ2v) is 8.51.